The van der Waals surface area contributed by atoms with Gasteiger partial charge in [-0.15, -0.1) is 16.4 Å². The topological polar surface area (TPSA) is 82.5 Å². The van der Waals surface area contributed by atoms with Gasteiger partial charge in [-0.05, 0) is 60.6 Å². The number of anilines is 1. The summed E-state index contributed by atoms with van der Waals surface area (Å²) in [5, 5.41) is 11.2. The predicted molar refractivity (Wildman–Crippen MR) is 118 cm³/mol. The Bertz CT molecular complexity index is 1250. The Balaban J connectivity index is 1.37. The van der Waals surface area contributed by atoms with Crippen LogP contribution in [0.15, 0.2) is 35.8 Å². The fourth-order valence-electron chi connectivity index (χ4n) is 4.75. The molecule has 6 nitrogen and oxygen atoms in total. The molecule has 0 bridgehead atoms. The quantitative estimate of drug-likeness (QED) is 0.546. The summed E-state index contributed by atoms with van der Waals surface area (Å²) in [7, 11) is 0. The van der Waals surface area contributed by atoms with Crippen LogP contribution in [-0.4, -0.2) is 25.0 Å². The highest BCUT2D eigenvalue weighted by Gasteiger charge is 2.24. The van der Waals surface area contributed by atoms with Gasteiger partial charge in [0, 0.05) is 16.0 Å². The third-order valence-corrected chi connectivity index (χ3v) is 7.34. The molecule has 0 saturated carbocycles. The zero-order valence-corrected chi connectivity index (χ0v) is 17.5. The summed E-state index contributed by atoms with van der Waals surface area (Å²) in [6.45, 7) is 0.754. The second-order valence-corrected chi connectivity index (χ2v) is 9.05. The second-order valence-electron chi connectivity index (χ2n) is 8.09. The molecule has 0 radical (unpaired) electrons. The number of hydrogen-bond donors (Lipinski definition) is 1. The van der Waals surface area contributed by atoms with E-state index in [1.807, 2.05) is 28.3 Å². The van der Waals surface area contributed by atoms with Crippen LogP contribution in [-0.2, 0) is 32.2 Å². The summed E-state index contributed by atoms with van der Waals surface area (Å²) in [5.74, 6) is 0.280. The number of rotatable bonds is 3. The fraction of sp³-hybridized carbons (Fsp3) is 0.304. The SMILES string of the molecule is Nc1nc(-c2cn(Cc3csc4c3CCCC4)nn2)c2c(n1)-c1ccccc1CC2. The van der Waals surface area contributed by atoms with Crippen LogP contribution in [0, 0.1) is 0 Å². The van der Waals surface area contributed by atoms with Crippen LogP contribution in [0.25, 0.3) is 22.6 Å². The van der Waals surface area contributed by atoms with Crippen LogP contribution in [0.1, 0.15) is 40.0 Å². The fourth-order valence-corrected chi connectivity index (χ4v) is 5.89. The van der Waals surface area contributed by atoms with Crippen molar-refractivity contribution in [1.82, 2.24) is 25.0 Å². The van der Waals surface area contributed by atoms with E-state index in [0.717, 1.165) is 47.6 Å². The number of hydrogen-bond acceptors (Lipinski definition) is 6. The van der Waals surface area contributed by atoms with Crippen molar-refractivity contribution in [2.75, 3.05) is 5.73 Å². The zero-order valence-electron chi connectivity index (χ0n) is 16.6. The molecule has 2 N–H and O–H groups in total. The molecule has 2 aliphatic rings. The van der Waals surface area contributed by atoms with Crippen molar-refractivity contribution in [2.45, 2.75) is 45.1 Å². The van der Waals surface area contributed by atoms with Crippen LogP contribution in [0.2, 0.25) is 0 Å². The summed E-state index contributed by atoms with van der Waals surface area (Å²) in [5.41, 5.74) is 15.1. The van der Waals surface area contributed by atoms with E-state index in [9.17, 15) is 0 Å². The molecule has 0 spiro atoms. The molecule has 30 heavy (non-hydrogen) atoms. The first-order valence-electron chi connectivity index (χ1n) is 10.5. The molecular formula is C23H22N6S. The summed E-state index contributed by atoms with van der Waals surface area (Å²) in [6, 6.07) is 8.39. The van der Waals surface area contributed by atoms with Crippen LogP contribution >= 0.6 is 11.3 Å². The molecule has 6 rings (SSSR count). The van der Waals surface area contributed by atoms with Gasteiger partial charge in [0.1, 0.15) is 11.4 Å². The van der Waals surface area contributed by atoms with Gasteiger partial charge in [0.2, 0.25) is 5.95 Å². The lowest BCUT2D eigenvalue weighted by atomic mass is 9.88. The number of thiophene rings is 1. The molecular weight excluding hydrogens is 392 g/mol. The van der Waals surface area contributed by atoms with E-state index >= 15 is 0 Å². The average Bonchev–Trinajstić information content (AvgIpc) is 3.41. The van der Waals surface area contributed by atoms with Crippen LogP contribution in [0.3, 0.4) is 0 Å². The molecule has 150 valence electrons. The van der Waals surface area contributed by atoms with Gasteiger partial charge in [0.25, 0.3) is 0 Å². The van der Waals surface area contributed by atoms with Gasteiger partial charge >= 0.3 is 0 Å². The molecule has 3 heterocycles. The van der Waals surface area contributed by atoms with Crippen LogP contribution in [0.4, 0.5) is 5.95 Å². The Hall–Kier alpha value is -3.06. The number of aryl methyl sites for hydroxylation is 2. The summed E-state index contributed by atoms with van der Waals surface area (Å²) < 4.78 is 1.92. The van der Waals surface area contributed by atoms with Crippen LogP contribution < -0.4 is 5.73 Å². The first-order chi connectivity index (χ1) is 14.8. The van der Waals surface area contributed by atoms with E-state index in [-0.39, 0.29) is 5.95 Å². The first-order valence-corrected chi connectivity index (χ1v) is 11.4. The summed E-state index contributed by atoms with van der Waals surface area (Å²) in [4.78, 5) is 10.7. The Morgan fingerprint density at radius 3 is 2.80 bits per heavy atom. The lowest BCUT2D eigenvalue weighted by Gasteiger charge is -2.20. The van der Waals surface area contributed by atoms with E-state index in [2.05, 4.69) is 43.9 Å². The van der Waals surface area contributed by atoms with Crippen molar-refractivity contribution >= 4 is 17.3 Å². The number of nitrogens with zero attached hydrogens (tertiary/aromatic N) is 5. The molecule has 0 atom stereocenters. The van der Waals surface area contributed by atoms with Crippen molar-refractivity contribution < 1.29 is 0 Å². The molecule has 0 unspecified atom stereocenters. The molecule has 3 aromatic heterocycles. The highest BCUT2D eigenvalue weighted by atomic mass is 32.1. The maximum atomic E-state index is 6.09. The minimum Gasteiger partial charge on any atom is -0.368 e. The number of nitrogen functional groups attached to an aromatic ring is 1. The summed E-state index contributed by atoms with van der Waals surface area (Å²) >= 11 is 1.89. The number of nitrogens with two attached hydrogens (primary N) is 1. The lowest BCUT2D eigenvalue weighted by Crippen LogP contribution is -2.11. The number of fused-ring (bicyclic) bond motifs is 4. The third kappa shape index (κ3) is 2.92. The molecule has 0 fully saturated rings. The van der Waals surface area contributed by atoms with Gasteiger partial charge in [-0.1, -0.05) is 29.5 Å². The Morgan fingerprint density at radius 1 is 0.967 bits per heavy atom. The highest BCUT2D eigenvalue weighted by Crippen LogP contribution is 2.37. The molecule has 1 aromatic carbocycles. The van der Waals surface area contributed by atoms with Gasteiger partial charge in [-0.2, -0.15) is 0 Å². The van der Waals surface area contributed by atoms with E-state index in [1.54, 1.807) is 4.88 Å². The van der Waals surface area contributed by atoms with Crippen molar-refractivity contribution in [3.8, 4) is 22.6 Å². The minimum absolute atomic E-state index is 0.280. The molecule has 4 aromatic rings. The zero-order chi connectivity index (χ0) is 20.1. The molecule has 0 saturated heterocycles. The van der Waals surface area contributed by atoms with Gasteiger partial charge in [0.15, 0.2) is 0 Å². The standard InChI is InChI=1S/C23H22N6S/c24-23-25-21-17-7-2-1-5-14(17)9-10-18(21)22(26-23)19-12-29(28-27-19)11-15-13-30-20-8-4-3-6-16(15)20/h1-2,5,7,12-13H,3-4,6,8-11H2,(H2,24,25,26). The Labute approximate surface area is 178 Å². The maximum Gasteiger partial charge on any atom is 0.221 e. The van der Waals surface area contributed by atoms with Gasteiger partial charge in [0.05, 0.1) is 18.4 Å². The minimum atomic E-state index is 0.280. The lowest BCUT2D eigenvalue weighted by molar-refractivity contribution is 0.634. The number of aromatic nitrogens is 5. The van der Waals surface area contributed by atoms with E-state index in [4.69, 9.17) is 5.73 Å². The molecule has 0 amide bonds. The predicted octanol–water partition coefficient (Wildman–Crippen LogP) is 4.07. The first kappa shape index (κ1) is 17.8. The Morgan fingerprint density at radius 2 is 1.83 bits per heavy atom. The van der Waals surface area contributed by atoms with E-state index < -0.39 is 0 Å². The smallest absolute Gasteiger partial charge is 0.221 e. The van der Waals surface area contributed by atoms with Gasteiger partial charge < -0.3 is 5.73 Å². The van der Waals surface area contributed by atoms with E-state index in [0.29, 0.717) is 0 Å². The van der Waals surface area contributed by atoms with Gasteiger partial charge in [-0.25, -0.2) is 14.6 Å². The normalized spacial score (nSPS) is 14.8. The van der Waals surface area contributed by atoms with Crippen molar-refractivity contribution in [2.24, 2.45) is 0 Å². The van der Waals surface area contributed by atoms with Gasteiger partial charge in [-0.3, -0.25) is 0 Å². The van der Waals surface area contributed by atoms with E-state index in [1.165, 1.54) is 42.4 Å². The molecule has 7 heteroatoms. The Kier molecular flexibility index (Phi) is 4.16. The largest absolute Gasteiger partial charge is 0.368 e. The third-order valence-electron chi connectivity index (χ3n) is 6.20. The second kappa shape index (κ2) is 7.02. The molecule has 0 aliphatic heterocycles. The average molecular weight is 415 g/mol. The highest BCUT2D eigenvalue weighted by molar-refractivity contribution is 7.10. The monoisotopic (exact) mass is 414 g/mol. The molecule has 2 aliphatic carbocycles. The number of benzene rings is 1. The van der Waals surface area contributed by atoms with Crippen molar-refractivity contribution in [1.29, 1.82) is 0 Å². The van der Waals surface area contributed by atoms with Crippen molar-refractivity contribution in [3.63, 3.8) is 0 Å². The van der Waals surface area contributed by atoms with Crippen LogP contribution in [0.5, 0.6) is 0 Å². The summed E-state index contributed by atoms with van der Waals surface area (Å²) in [6.07, 6.45) is 8.85. The maximum absolute atomic E-state index is 6.09. The van der Waals surface area contributed by atoms with Crippen molar-refractivity contribution in [3.05, 3.63) is 63.0 Å².